The number of nitrogens with zero attached hydrogens (tertiary/aromatic N) is 5. The van der Waals surface area contributed by atoms with E-state index in [0.717, 1.165) is 35.8 Å². The maximum absolute atomic E-state index is 4.69. The third-order valence-corrected chi connectivity index (χ3v) is 4.92. The molecule has 0 saturated carbocycles. The van der Waals surface area contributed by atoms with Crippen LogP contribution in [0.15, 0.2) is 16.9 Å². The molecule has 0 amide bonds. The van der Waals surface area contributed by atoms with Crippen molar-refractivity contribution >= 4 is 15.9 Å². The number of hydrogen-bond donors (Lipinski definition) is 0. The maximum atomic E-state index is 4.69. The van der Waals surface area contributed by atoms with Gasteiger partial charge in [0.15, 0.2) is 0 Å². The lowest BCUT2D eigenvalue weighted by atomic mass is 10.2. The van der Waals surface area contributed by atoms with Gasteiger partial charge in [0.05, 0.1) is 17.4 Å². The van der Waals surface area contributed by atoms with Crippen molar-refractivity contribution in [1.29, 1.82) is 0 Å². The van der Waals surface area contributed by atoms with E-state index in [1.54, 1.807) is 0 Å². The Morgan fingerprint density at radius 1 is 1.42 bits per heavy atom. The van der Waals surface area contributed by atoms with Gasteiger partial charge in [0.1, 0.15) is 10.4 Å². The maximum Gasteiger partial charge on any atom is 0.127 e. The van der Waals surface area contributed by atoms with Crippen LogP contribution in [0.5, 0.6) is 0 Å². The van der Waals surface area contributed by atoms with E-state index in [1.807, 2.05) is 24.9 Å². The van der Waals surface area contributed by atoms with Crippen molar-refractivity contribution in [3.8, 4) is 0 Å². The third kappa shape index (κ3) is 2.12. The molecule has 1 aliphatic heterocycles. The van der Waals surface area contributed by atoms with Gasteiger partial charge in [-0.3, -0.25) is 9.58 Å². The van der Waals surface area contributed by atoms with Crippen LogP contribution in [0.3, 0.4) is 0 Å². The smallest absolute Gasteiger partial charge is 0.127 e. The molecule has 5 nitrogen and oxygen atoms in total. The largest absolute Gasteiger partial charge is 0.320 e. The SMILES string of the molecule is Cc1nc2n(c1Br)CCN(Cc1ccnn1C)C2C. The Bertz CT molecular complexity index is 600. The van der Waals surface area contributed by atoms with E-state index in [1.165, 1.54) is 5.69 Å². The minimum absolute atomic E-state index is 0.327. The molecule has 0 fully saturated rings. The Morgan fingerprint density at radius 3 is 2.89 bits per heavy atom. The highest BCUT2D eigenvalue weighted by molar-refractivity contribution is 9.10. The number of fused-ring (bicyclic) bond motifs is 1. The van der Waals surface area contributed by atoms with Gasteiger partial charge in [0.2, 0.25) is 0 Å². The zero-order valence-corrected chi connectivity index (χ0v) is 13.1. The molecule has 0 N–H and O–H groups in total. The van der Waals surface area contributed by atoms with Crippen LogP contribution in [0.4, 0.5) is 0 Å². The molecule has 0 bridgehead atoms. The second-order valence-corrected chi connectivity index (χ2v) is 5.84. The zero-order chi connectivity index (χ0) is 13.6. The standard InChI is InChI=1S/C13H18BrN5/c1-9-12(14)19-7-6-18(10(2)13(19)16-9)8-11-4-5-15-17(11)3/h4-5,10H,6-8H2,1-3H3. The normalized spacial score (nSPS) is 19.7. The van der Waals surface area contributed by atoms with E-state index in [-0.39, 0.29) is 0 Å². The summed E-state index contributed by atoms with van der Waals surface area (Å²) >= 11 is 3.62. The quantitative estimate of drug-likeness (QED) is 0.851. The summed E-state index contributed by atoms with van der Waals surface area (Å²) in [6.45, 7) is 7.21. The molecule has 0 spiro atoms. The highest BCUT2D eigenvalue weighted by Gasteiger charge is 2.28. The van der Waals surface area contributed by atoms with Gasteiger partial charge < -0.3 is 4.57 Å². The number of imidazole rings is 1. The second kappa shape index (κ2) is 4.76. The summed E-state index contributed by atoms with van der Waals surface area (Å²) in [6.07, 6.45) is 1.85. The van der Waals surface area contributed by atoms with E-state index in [4.69, 9.17) is 0 Å². The summed E-state index contributed by atoms with van der Waals surface area (Å²) in [5, 5.41) is 4.23. The Kier molecular flexibility index (Phi) is 3.22. The van der Waals surface area contributed by atoms with Crippen LogP contribution < -0.4 is 0 Å². The van der Waals surface area contributed by atoms with Crippen LogP contribution in [-0.4, -0.2) is 30.8 Å². The molecular weight excluding hydrogens is 306 g/mol. The highest BCUT2D eigenvalue weighted by atomic mass is 79.9. The summed E-state index contributed by atoms with van der Waals surface area (Å²) < 4.78 is 5.34. The van der Waals surface area contributed by atoms with Gasteiger partial charge in [-0.25, -0.2) is 4.98 Å². The average Bonchev–Trinajstić information content (AvgIpc) is 2.90. The molecule has 2 aromatic rings. The van der Waals surface area contributed by atoms with Crippen LogP contribution in [0.2, 0.25) is 0 Å². The molecule has 0 aliphatic carbocycles. The Balaban J connectivity index is 1.85. The monoisotopic (exact) mass is 323 g/mol. The Hall–Kier alpha value is -1.14. The first-order chi connectivity index (χ1) is 9.08. The van der Waals surface area contributed by atoms with E-state index in [2.05, 4.69) is 48.5 Å². The lowest BCUT2D eigenvalue weighted by Crippen LogP contribution is -2.37. The molecule has 0 saturated heterocycles. The number of hydrogen-bond acceptors (Lipinski definition) is 3. The van der Waals surface area contributed by atoms with Crippen molar-refractivity contribution < 1.29 is 0 Å². The molecule has 19 heavy (non-hydrogen) atoms. The van der Waals surface area contributed by atoms with Crippen molar-refractivity contribution in [3.05, 3.63) is 34.1 Å². The molecule has 1 atom stereocenters. The van der Waals surface area contributed by atoms with Gasteiger partial charge in [-0.05, 0) is 35.8 Å². The molecular formula is C13H18BrN5. The van der Waals surface area contributed by atoms with Crippen LogP contribution in [0, 0.1) is 6.92 Å². The lowest BCUT2D eigenvalue weighted by molar-refractivity contribution is 0.151. The lowest BCUT2D eigenvalue weighted by Gasteiger charge is -2.33. The van der Waals surface area contributed by atoms with Crippen molar-refractivity contribution in [2.45, 2.75) is 33.0 Å². The predicted octanol–water partition coefficient (Wildman–Crippen LogP) is 2.26. The molecule has 1 unspecified atom stereocenters. The van der Waals surface area contributed by atoms with Crippen molar-refractivity contribution in [2.24, 2.45) is 7.05 Å². The van der Waals surface area contributed by atoms with E-state index >= 15 is 0 Å². The fraction of sp³-hybridized carbons (Fsp3) is 0.538. The molecule has 6 heteroatoms. The number of aryl methyl sites for hydroxylation is 2. The van der Waals surface area contributed by atoms with Crippen LogP contribution in [0.25, 0.3) is 0 Å². The minimum atomic E-state index is 0.327. The van der Waals surface area contributed by atoms with E-state index in [9.17, 15) is 0 Å². The topological polar surface area (TPSA) is 38.9 Å². The number of rotatable bonds is 2. The van der Waals surface area contributed by atoms with Gasteiger partial charge in [-0.1, -0.05) is 0 Å². The molecule has 102 valence electrons. The molecule has 1 aliphatic rings. The van der Waals surface area contributed by atoms with Crippen LogP contribution >= 0.6 is 15.9 Å². The van der Waals surface area contributed by atoms with Crippen molar-refractivity contribution in [3.63, 3.8) is 0 Å². The molecule has 0 aromatic carbocycles. The van der Waals surface area contributed by atoms with E-state index in [0.29, 0.717) is 6.04 Å². The summed E-state index contributed by atoms with van der Waals surface area (Å²) in [5.41, 5.74) is 2.31. The molecule has 3 heterocycles. The summed E-state index contributed by atoms with van der Waals surface area (Å²) in [7, 11) is 1.99. The van der Waals surface area contributed by atoms with E-state index < -0.39 is 0 Å². The van der Waals surface area contributed by atoms with Gasteiger partial charge in [0.25, 0.3) is 0 Å². The van der Waals surface area contributed by atoms with Gasteiger partial charge in [-0.15, -0.1) is 0 Å². The zero-order valence-electron chi connectivity index (χ0n) is 11.5. The first kappa shape index (κ1) is 12.9. The predicted molar refractivity (Wildman–Crippen MR) is 76.7 cm³/mol. The average molecular weight is 324 g/mol. The second-order valence-electron chi connectivity index (χ2n) is 5.09. The molecule has 2 aromatic heterocycles. The molecule has 0 radical (unpaired) electrons. The first-order valence-corrected chi connectivity index (χ1v) is 7.30. The summed E-state index contributed by atoms with van der Waals surface area (Å²) in [4.78, 5) is 7.14. The van der Waals surface area contributed by atoms with Crippen molar-refractivity contribution in [2.75, 3.05) is 6.54 Å². The van der Waals surface area contributed by atoms with Crippen LogP contribution in [0.1, 0.15) is 30.2 Å². The summed E-state index contributed by atoms with van der Waals surface area (Å²) in [6, 6.07) is 2.41. The van der Waals surface area contributed by atoms with Crippen LogP contribution in [-0.2, 0) is 20.1 Å². The van der Waals surface area contributed by atoms with Gasteiger partial charge in [-0.2, -0.15) is 5.10 Å². The number of halogens is 1. The minimum Gasteiger partial charge on any atom is -0.320 e. The van der Waals surface area contributed by atoms with Crippen molar-refractivity contribution in [1.82, 2.24) is 24.2 Å². The fourth-order valence-electron chi connectivity index (χ4n) is 2.67. The van der Waals surface area contributed by atoms with Gasteiger partial charge >= 0.3 is 0 Å². The highest BCUT2D eigenvalue weighted by Crippen LogP contribution is 2.30. The Labute approximate surface area is 121 Å². The third-order valence-electron chi connectivity index (χ3n) is 3.91. The first-order valence-electron chi connectivity index (χ1n) is 6.51. The Morgan fingerprint density at radius 2 is 2.21 bits per heavy atom. The summed E-state index contributed by atoms with van der Waals surface area (Å²) in [5.74, 6) is 1.15. The van der Waals surface area contributed by atoms with Gasteiger partial charge in [0, 0.05) is 32.9 Å². The molecule has 3 rings (SSSR count). The number of aromatic nitrogens is 4. The fourth-order valence-corrected chi connectivity index (χ4v) is 3.12.